The van der Waals surface area contributed by atoms with E-state index in [1.54, 1.807) is 64.5 Å². The average Bonchev–Trinajstić information content (AvgIpc) is 1.62. The fraction of sp³-hybridized carbons (Fsp3) is 0.412. The van der Waals surface area contributed by atoms with Gasteiger partial charge >= 0.3 is 38.1 Å². The third-order valence-electron chi connectivity index (χ3n) is 23.4. The van der Waals surface area contributed by atoms with Crippen LogP contribution in [0.4, 0.5) is 0 Å². The molecule has 14 heterocycles. The van der Waals surface area contributed by atoms with Gasteiger partial charge in [0.15, 0.2) is 0 Å². The van der Waals surface area contributed by atoms with Gasteiger partial charge < -0.3 is 68.0 Å². The summed E-state index contributed by atoms with van der Waals surface area (Å²) in [6, 6.07) is 58.7. The molecule has 0 aliphatic carbocycles. The SMILES string of the molecule is Brc1cnc2[nH]c(-c3ccccc3)cc2c1.CC(C)(C)OC(=O)CC1CCN(C(=O)c2cccc(Br)n2)CC1.CC(C)(C)OC(=O)CC1CCN(C(=O)c2cccc(Br)n2)CC1.CC(C)(C)OC(=O)CC1CCNCC1.CC1(C)OB(c2cnc3[nH]c(-c4ccccc4)cc3c2)OC1(C)C.CC1(C)OB(c2cnc3[nH]c(-c4ccccc4)cc3c2)OC1(C)C.O=C(O)c1cccc(Br)n1. The molecule has 2 amide bonds. The molecule has 0 spiro atoms. The molecule has 32 heteroatoms. The molecule has 5 aliphatic rings. The van der Waals surface area contributed by atoms with Gasteiger partial charge in [0, 0.05) is 113 Å². The Labute approximate surface area is 819 Å². The van der Waals surface area contributed by atoms with E-state index >= 15 is 0 Å². The van der Waals surface area contributed by atoms with E-state index in [1.807, 2.05) is 129 Å². The van der Waals surface area contributed by atoms with Gasteiger partial charge in [-0.15, -0.1) is 0 Å². The van der Waals surface area contributed by atoms with Gasteiger partial charge in [0.1, 0.15) is 64.6 Å². The fourth-order valence-electron chi connectivity index (χ4n) is 15.1. The quantitative estimate of drug-likeness (QED) is 0.0292. The molecule has 5 aliphatic heterocycles. The predicted molar refractivity (Wildman–Crippen MR) is 541 cm³/mol. The third-order valence-corrected chi connectivity index (χ3v) is 25.2. The molecule has 0 bridgehead atoms. The number of carboxylic acids is 1. The van der Waals surface area contributed by atoms with Gasteiger partial charge in [0.05, 0.1) is 22.4 Å². The largest absolute Gasteiger partial charge is 0.496 e. The molecular formula is C102H122B2Br4N12O14. The van der Waals surface area contributed by atoms with Gasteiger partial charge in [-0.2, -0.15) is 0 Å². The van der Waals surface area contributed by atoms with E-state index in [0.717, 1.165) is 128 Å². The van der Waals surface area contributed by atoms with Crippen LogP contribution in [0.2, 0.25) is 0 Å². The Kier molecular flexibility index (Phi) is 35.9. The minimum atomic E-state index is -1.01. The summed E-state index contributed by atoms with van der Waals surface area (Å²) in [5.41, 5.74) is 9.56. The maximum absolute atomic E-state index is 12.4. The Morgan fingerprint density at radius 3 is 0.985 bits per heavy atom. The highest BCUT2D eigenvalue weighted by Crippen LogP contribution is 2.39. The Balaban J connectivity index is 0.000000153. The van der Waals surface area contributed by atoms with Crippen molar-refractivity contribution in [1.82, 2.24) is 60.0 Å². The van der Waals surface area contributed by atoms with Crippen LogP contribution in [0.1, 0.15) is 207 Å². The van der Waals surface area contributed by atoms with Gasteiger partial charge in [-0.25, -0.2) is 34.7 Å². The summed E-state index contributed by atoms with van der Waals surface area (Å²) in [5, 5.41) is 14.9. The van der Waals surface area contributed by atoms with Crippen LogP contribution in [0.3, 0.4) is 0 Å². The third kappa shape index (κ3) is 30.9. The number of hydrogen-bond donors (Lipinski definition) is 5. The Bertz CT molecular complexity index is 5680. The van der Waals surface area contributed by atoms with Gasteiger partial charge in [0.25, 0.3) is 11.8 Å². The summed E-state index contributed by atoms with van der Waals surface area (Å²) in [5.74, 6) is -0.401. The standard InChI is InChI=1S/2C19H21BN2O2.2C17H23BrN2O3.C13H9BrN2.C11H21NO2.C6H4BrNO2/c2*1-18(2)19(3,4)24-20(23-18)15-10-14-11-16(22-17(14)21-12-15)13-8-6-5-7-9-13;2*1-17(2,3)23-15(21)11-12-7-9-20(10-8-12)16(22)13-5-4-6-14(18)19-13;14-11-6-10-7-12(16-13(10)15-8-11)9-4-2-1-3-5-9;1-11(2,3)14-10(13)8-9-4-6-12-7-5-9;7-5-3-1-2-4(8-5)6(9)10/h2*5-12H,1-4H3,(H,21,22);2*4-6,12H,7-11H2,1-3H3;1-8H,(H,15,16);9,12H,4-8H2,1-3H3;1-3H,(H,9,10). The number of carboxylic acid groups (broad SMARTS) is 1. The maximum Gasteiger partial charge on any atom is 0.496 e. The number of likely N-dealkylation sites (tertiary alicyclic amines) is 2. The van der Waals surface area contributed by atoms with E-state index in [1.165, 1.54) is 11.6 Å². The maximum atomic E-state index is 12.4. The number of hydrogen-bond acceptors (Lipinski definition) is 20. The number of benzene rings is 3. The zero-order valence-corrected chi connectivity index (χ0v) is 85.7. The molecule has 12 aromatic rings. The van der Waals surface area contributed by atoms with Gasteiger partial charge in [-0.3, -0.25) is 24.0 Å². The molecule has 3 aromatic carbocycles. The number of carbonyl (C=O) groups is 6. The number of nitrogens with one attached hydrogen (secondary N) is 4. The number of fused-ring (bicyclic) bond motifs is 3. The lowest BCUT2D eigenvalue weighted by Gasteiger charge is -2.32. The summed E-state index contributed by atoms with van der Waals surface area (Å²) in [6.45, 7) is 38.1. The number of nitrogens with zero attached hydrogens (tertiary/aromatic N) is 8. The first-order valence-corrected chi connectivity index (χ1v) is 48.4. The van der Waals surface area contributed by atoms with Crippen molar-refractivity contribution in [3.05, 3.63) is 236 Å². The van der Waals surface area contributed by atoms with E-state index in [2.05, 4.69) is 242 Å². The summed E-state index contributed by atoms with van der Waals surface area (Å²) in [4.78, 5) is 110. The van der Waals surface area contributed by atoms with E-state index in [9.17, 15) is 28.8 Å². The first-order valence-electron chi connectivity index (χ1n) is 45.3. The van der Waals surface area contributed by atoms with E-state index in [-0.39, 0.29) is 89.5 Å². The summed E-state index contributed by atoms with van der Waals surface area (Å²) < 4.78 is 43.3. The molecule has 26 nitrogen and oxygen atoms in total. The number of piperidine rings is 3. The first kappa shape index (κ1) is 104. The van der Waals surface area contributed by atoms with Crippen LogP contribution in [-0.4, -0.2) is 188 Å². The van der Waals surface area contributed by atoms with E-state index in [4.69, 9.17) is 37.9 Å². The van der Waals surface area contributed by atoms with Gasteiger partial charge in [-0.05, 0) is 340 Å². The number of rotatable bonds is 14. The number of carbonyl (C=O) groups excluding carboxylic acids is 5. The summed E-state index contributed by atoms with van der Waals surface area (Å²) in [6.07, 6.45) is 12.4. The van der Waals surface area contributed by atoms with Crippen LogP contribution in [0.25, 0.3) is 66.9 Å². The normalized spacial score (nSPS) is 16.4. The highest BCUT2D eigenvalue weighted by Gasteiger charge is 2.53. The van der Waals surface area contributed by atoms with Crippen LogP contribution in [0.15, 0.2) is 219 Å². The molecule has 134 heavy (non-hydrogen) atoms. The minimum absolute atomic E-state index is 0.0503. The molecule has 17 rings (SSSR count). The highest BCUT2D eigenvalue weighted by atomic mass is 79.9. The second-order valence-corrected chi connectivity index (χ2v) is 42.1. The van der Waals surface area contributed by atoms with Gasteiger partial charge in [-0.1, -0.05) is 109 Å². The van der Waals surface area contributed by atoms with Crippen molar-refractivity contribution < 1.29 is 66.7 Å². The predicted octanol–water partition coefficient (Wildman–Crippen LogP) is 21.2. The van der Waals surface area contributed by atoms with Crippen molar-refractivity contribution >= 4 is 158 Å². The lowest BCUT2D eigenvalue weighted by atomic mass is 9.80. The number of aromatic amines is 3. The number of esters is 3. The van der Waals surface area contributed by atoms with Crippen LogP contribution >= 0.6 is 63.7 Å². The smallest absolute Gasteiger partial charge is 0.477 e. The summed E-state index contributed by atoms with van der Waals surface area (Å²) >= 11 is 13.0. The molecule has 5 N–H and O–H groups in total. The van der Waals surface area contributed by atoms with Crippen LogP contribution in [-0.2, 0) is 47.2 Å². The topological polar surface area (TPSA) is 330 Å². The number of amides is 2. The molecule has 0 atom stereocenters. The number of pyridine rings is 6. The molecule has 5 saturated heterocycles. The Hall–Kier alpha value is -10.2. The zero-order chi connectivity index (χ0) is 97.1. The number of ether oxygens (including phenoxy) is 3. The van der Waals surface area contributed by atoms with Crippen LogP contribution < -0.4 is 16.2 Å². The van der Waals surface area contributed by atoms with E-state index < -0.39 is 17.2 Å². The van der Waals surface area contributed by atoms with E-state index in [0.29, 0.717) is 76.6 Å². The first-order chi connectivity index (χ1) is 63.2. The van der Waals surface area contributed by atoms with Crippen LogP contribution in [0.5, 0.6) is 0 Å². The highest BCUT2D eigenvalue weighted by molar-refractivity contribution is 9.11. The summed E-state index contributed by atoms with van der Waals surface area (Å²) in [7, 11) is -0.774. The number of aromatic nitrogens is 9. The van der Waals surface area contributed by atoms with Crippen LogP contribution in [0, 0.1) is 17.8 Å². The second-order valence-electron chi connectivity index (χ2n) is 38.7. The molecular weight excluding hydrogens is 1960 g/mol. The number of H-pyrrole nitrogens is 3. The van der Waals surface area contributed by atoms with Crippen molar-refractivity contribution in [2.45, 2.75) is 215 Å². The Morgan fingerprint density at radius 1 is 0.396 bits per heavy atom. The van der Waals surface area contributed by atoms with Crippen molar-refractivity contribution in [2.24, 2.45) is 17.8 Å². The molecule has 708 valence electrons. The van der Waals surface area contributed by atoms with Crippen molar-refractivity contribution in [3.63, 3.8) is 0 Å². The minimum Gasteiger partial charge on any atom is -0.477 e. The molecule has 9 aromatic heterocycles. The molecule has 0 radical (unpaired) electrons. The number of halogens is 4. The molecule has 0 unspecified atom stereocenters. The lowest BCUT2D eigenvalue weighted by Crippen LogP contribution is -2.41. The second kappa shape index (κ2) is 46.1. The van der Waals surface area contributed by atoms with Crippen molar-refractivity contribution in [1.29, 1.82) is 0 Å². The van der Waals surface area contributed by atoms with Crippen molar-refractivity contribution in [2.75, 3.05) is 39.3 Å². The zero-order valence-electron chi connectivity index (χ0n) is 79.4. The molecule has 0 saturated carbocycles. The average molecular weight is 2080 g/mol. The molecule has 5 fully saturated rings. The fourth-order valence-corrected chi connectivity index (χ4v) is 16.5. The van der Waals surface area contributed by atoms with Crippen molar-refractivity contribution in [3.8, 4) is 33.8 Å². The monoisotopic (exact) mass is 2080 g/mol. The number of aromatic carboxylic acids is 1. The Morgan fingerprint density at radius 2 is 0.687 bits per heavy atom. The lowest BCUT2D eigenvalue weighted by molar-refractivity contribution is -0.157. The van der Waals surface area contributed by atoms with Gasteiger partial charge in [0.2, 0.25) is 0 Å².